The van der Waals surface area contributed by atoms with E-state index in [2.05, 4.69) is 10.2 Å². The van der Waals surface area contributed by atoms with Crippen molar-refractivity contribution in [1.82, 2.24) is 10.2 Å². The predicted molar refractivity (Wildman–Crippen MR) is 83.5 cm³/mol. The number of nitro groups is 1. The Morgan fingerprint density at radius 1 is 1.53 bits per heavy atom. The maximum absolute atomic E-state index is 10.6. The normalized spacial score (nSPS) is 10.5. The zero-order valence-electron chi connectivity index (χ0n) is 11.0. The SMILES string of the molecule is CN(C)CCSC(=S)NCc1cccc([N+](=O)[O-])c1. The van der Waals surface area contributed by atoms with Crippen LogP contribution in [0.25, 0.3) is 0 Å². The van der Waals surface area contributed by atoms with Gasteiger partial charge < -0.3 is 10.2 Å². The fourth-order valence-electron chi connectivity index (χ4n) is 1.33. The number of nitrogens with one attached hydrogen (secondary N) is 1. The highest BCUT2D eigenvalue weighted by molar-refractivity contribution is 8.22. The summed E-state index contributed by atoms with van der Waals surface area (Å²) in [4.78, 5) is 12.3. The van der Waals surface area contributed by atoms with Crippen molar-refractivity contribution in [3.8, 4) is 0 Å². The number of thiocarbonyl (C=S) groups is 1. The van der Waals surface area contributed by atoms with Crippen LogP contribution in [0.15, 0.2) is 24.3 Å². The second kappa shape index (κ2) is 8.08. The number of non-ortho nitro benzene ring substituents is 1. The number of benzene rings is 1. The highest BCUT2D eigenvalue weighted by atomic mass is 32.2. The van der Waals surface area contributed by atoms with Crippen LogP contribution in [0.1, 0.15) is 5.56 Å². The summed E-state index contributed by atoms with van der Waals surface area (Å²) in [5.41, 5.74) is 0.954. The number of thioether (sulfide) groups is 1. The lowest BCUT2D eigenvalue weighted by Gasteiger charge is -2.10. The van der Waals surface area contributed by atoms with E-state index in [9.17, 15) is 10.1 Å². The molecule has 0 saturated carbocycles. The summed E-state index contributed by atoms with van der Waals surface area (Å²) in [5, 5.41) is 13.7. The van der Waals surface area contributed by atoms with Crippen molar-refractivity contribution in [1.29, 1.82) is 0 Å². The van der Waals surface area contributed by atoms with Gasteiger partial charge in [0.1, 0.15) is 4.32 Å². The number of hydrogen-bond donors (Lipinski definition) is 1. The molecule has 0 aliphatic heterocycles. The Balaban J connectivity index is 2.37. The molecule has 0 radical (unpaired) electrons. The van der Waals surface area contributed by atoms with Crippen LogP contribution in [-0.2, 0) is 6.54 Å². The van der Waals surface area contributed by atoms with Gasteiger partial charge in [0.25, 0.3) is 5.69 Å². The van der Waals surface area contributed by atoms with E-state index >= 15 is 0 Å². The Labute approximate surface area is 122 Å². The molecule has 0 bridgehead atoms. The summed E-state index contributed by atoms with van der Waals surface area (Å²) in [6, 6.07) is 6.55. The number of hydrogen-bond acceptors (Lipinski definition) is 5. The lowest BCUT2D eigenvalue weighted by atomic mass is 10.2. The maximum Gasteiger partial charge on any atom is 0.269 e. The Bertz CT molecular complexity index is 452. The van der Waals surface area contributed by atoms with E-state index in [1.807, 2.05) is 20.2 Å². The summed E-state index contributed by atoms with van der Waals surface area (Å²) in [5.74, 6) is 0.924. The largest absolute Gasteiger partial charge is 0.367 e. The first-order valence-electron chi connectivity index (χ1n) is 5.77. The van der Waals surface area contributed by atoms with Gasteiger partial charge in [0, 0.05) is 31.0 Å². The molecule has 0 aliphatic carbocycles. The third-order valence-electron chi connectivity index (χ3n) is 2.33. The van der Waals surface area contributed by atoms with E-state index in [4.69, 9.17) is 12.2 Å². The molecule has 0 unspecified atom stereocenters. The second-order valence-corrected chi connectivity index (χ2v) is 5.99. The van der Waals surface area contributed by atoms with Gasteiger partial charge in [-0.15, -0.1) is 0 Å². The van der Waals surface area contributed by atoms with E-state index < -0.39 is 4.92 Å². The fourth-order valence-corrected chi connectivity index (χ4v) is 2.46. The molecule has 0 atom stereocenters. The van der Waals surface area contributed by atoms with Gasteiger partial charge in [-0.1, -0.05) is 36.1 Å². The minimum absolute atomic E-state index is 0.102. The lowest BCUT2D eigenvalue weighted by molar-refractivity contribution is -0.384. The van der Waals surface area contributed by atoms with Crippen LogP contribution < -0.4 is 5.32 Å². The van der Waals surface area contributed by atoms with Crippen molar-refractivity contribution in [2.24, 2.45) is 0 Å². The Hall–Kier alpha value is -1.18. The molecule has 1 aromatic carbocycles. The van der Waals surface area contributed by atoms with E-state index in [1.165, 1.54) is 6.07 Å². The number of rotatable bonds is 6. The first-order chi connectivity index (χ1) is 8.99. The summed E-state index contributed by atoms with van der Waals surface area (Å²) in [6.45, 7) is 1.47. The van der Waals surface area contributed by atoms with E-state index in [1.54, 1.807) is 23.9 Å². The highest BCUT2D eigenvalue weighted by Gasteiger charge is 2.06. The van der Waals surface area contributed by atoms with Crippen molar-refractivity contribution in [2.75, 3.05) is 26.4 Å². The van der Waals surface area contributed by atoms with Crippen LogP contribution in [0, 0.1) is 10.1 Å². The molecule has 5 nitrogen and oxygen atoms in total. The zero-order chi connectivity index (χ0) is 14.3. The van der Waals surface area contributed by atoms with Gasteiger partial charge in [-0.05, 0) is 19.7 Å². The third-order valence-corrected chi connectivity index (χ3v) is 3.62. The van der Waals surface area contributed by atoms with Crippen molar-refractivity contribution < 1.29 is 4.92 Å². The van der Waals surface area contributed by atoms with E-state index in [-0.39, 0.29) is 5.69 Å². The van der Waals surface area contributed by atoms with Gasteiger partial charge in [-0.25, -0.2) is 0 Å². The van der Waals surface area contributed by atoms with Gasteiger partial charge in [0.05, 0.1) is 4.92 Å². The molecule has 0 aliphatic rings. The summed E-state index contributed by atoms with van der Waals surface area (Å²) >= 11 is 6.77. The topological polar surface area (TPSA) is 58.4 Å². The van der Waals surface area contributed by atoms with Crippen LogP contribution in [0.5, 0.6) is 0 Å². The third kappa shape index (κ3) is 6.51. The summed E-state index contributed by atoms with van der Waals surface area (Å²) in [6.07, 6.45) is 0. The van der Waals surface area contributed by atoms with Gasteiger partial charge in [-0.2, -0.15) is 0 Å². The molecular formula is C12H17N3O2S2. The molecule has 7 heteroatoms. The molecule has 0 spiro atoms. The van der Waals surface area contributed by atoms with Crippen LogP contribution in [0.4, 0.5) is 5.69 Å². The van der Waals surface area contributed by atoms with Gasteiger partial charge in [-0.3, -0.25) is 10.1 Å². The Morgan fingerprint density at radius 3 is 2.89 bits per heavy atom. The summed E-state index contributed by atoms with van der Waals surface area (Å²) < 4.78 is 0.716. The molecule has 1 N–H and O–H groups in total. The number of nitrogens with zero attached hydrogens (tertiary/aromatic N) is 2. The molecule has 0 fully saturated rings. The molecule has 1 aromatic rings. The average Bonchev–Trinajstić information content (AvgIpc) is 2.36. The first kappa shape index (κ1) is 15.9. The molecule has 0 aromatic heterocycles. The predicted octanol–water partition coefficient (Wildman–Crippen LogP) is 2.26. The molecule has 0 heterocycles. The second-order valence-electron chi connectivity index (χ2n) is 4.22. The van der Waals surface area contributed by atoms with Crippen LogP contribution in [-0.4, -0.2) is 40.5 Å². The first-order valence-corrected chi connectivity index (χ1v) is 7.17. The molecule has 1 rings (SSSR count). The van der Waals surface area contributed by atoms with Crippen LogP contribution >= 0.6 is 24.0 Å². The Kier molecular flexibility index (Phi) is 6.75. The average molecular weight is 299 g/mol. The van der Waals surface area contributed by atoms with Gasteiger partial charge >= 0.3 is 0 Å². The highest BCUT2D eigenvalue weighted by Crippen LogP contribution is 2.13. The minimum atomic E-state index is -0.395. The maximum atomic E-state index is 10.6. The standard InChI is InChI=1S/C12H17N3O2S2/c1-14(2)6-7-19-12(18)13-9-10-4-3-5-11(8-10)15(16)17/h3-5,8H,6-7,9H2,1-2H3,(H,13,18). The summed E-state index contributed by atoms with van der Waals surface area (Å²) in [7, 11) is 4.03. The van der Waals surface area contributed by atoms with E-state index in [0.29, 0.717) is 10.9 Å². The fraction of sp³-hybridized carbons (Fsp3) is 0.417. The van der Waals surface area contributed by atoms with Crippen molar-refractivity contribution >= 4 is 34.0 Å². The van der Waals surface area contributed by atoms with E-state index in [0.717, 1.165) is 17.9 Å². The zero-order valence-corrected chi connectivity index (χ0v) is 12.6. The minimum Gasteiger partial charge on any atom is -0.367 e. The van der Waals surface area contributed by atoms with Crippen LogP contribution in [0.3, 0.4) is 0 Å². The molecule has 19 heavy (non-hydrogen) atoms. The molecule has 104 valence electrons. The smallest absolute Gasteiger partial charge is 0.269 e. The van der Waals surface area contributed by atoms with Crippen LogP contribution in [0.2, 0.25) is 0 Å². The Morgan fingerprint density at radius 2 is 2.26 bits per heavy atom. The van der Waals surface area contributed by atoms with Crippen molar-refractivity contribution in [3.63, 3.8) is 0 Å². The number of nitro benzene ring substituents is 1. The lowest BCUT2D eigenvalue weighted by Crippen LogP contribution is -2.21. The van der Waals surface area contributed by atoms with Gasteiger partial charge in [0.2, 0.25) is 0 Å². The quantitative estimate of drug-likeness (QED) is 0.494. The molecular weight excluding hydrogens is 282 g/mol. The molecule has 0 saturated heterocycles. The van der Waals surface area contributed by atoms with Gasteiger partial charge in [0.15, 0.2) is 0 Å². The molecule has 0 amide bonds. The van der Waals surface area contributed by atoms with Crippen molar-refractivity contribution in [3.05, 3.63) is 39.9 Å². The van der Waals surface area contributed by atoms with Crippen molar-refractivity contribution in [2.45, 2.75) is 6.54 Å². The monoisotopic (exact) mass is 299 g/mol.